The number of anilines is 2. The fourth-order valence-electron chi connectivity index (χ4n) is 3.14. The van der Waals surface area contributed by atoms with Crippen molar-refractivity contribution < 1.29 is 9.53 Å². The number of carbonyl (C=O) groups excluding carboxylic acids is 1. The van der Waals surface area contributed by atoms with E-state index in [9.17, 15) is 4.79 Å². The molecule has 3 aromatic rings. The molecule has 5 nitrogen and oxygen atoms in total. The zero-order valence-electron chi connectivity index (χ0n) is 17.3. The Hall–Kier alpha value is -3.34. The van der Waals surface area contributed by atoms with Gasteiger partial charge < -0.3 is 15.4 Å². The van der Waals surface area contributed by atoms with Crippen molar-refractivity contribution >= 4 is 17.3 Å². The number of hydrogen-bond donors (Lipinski definition) is 2. The smallest absolute Gasteiger partial charge is 0.274 e. The third-order valence-electron chi connectivity index (χ3n) is 4.65. The van der Waals surface area contributed by atoms with Crippen LogP contribution in [0.25, 0.3) is 0 Å². The van der Waals surface area contributed by atoms with Gasteiger partial charge in [-0.25, -0.2) is 0 Å². The molecule has 0 saturated carbocycles. The minimum atomic E-state index is -0.234. The Kier molecular flexibility index (Phi) is 6.17. The van der Waals surface area contributed by atoms with Crippen molar-refractivity contribution in [2.24, 2.45) is 0 Å². The van der Waals surface area contributed by atoms with Gasteiger partial charge in [0, 0.05) is 29.7 Å². The molecule has 5 heteroatoms. The summed E-state index contributed by atoms with van der Waals surface area (Å²) in [5.74, 6) is 0.591. The number of rotatable bonds is 6. The van der Waals surface area contributed by atoms with E-state index in [1.165, 1.54) is 0 Å². The Morgan fingerprint density at radius 3 is 2.52 bits per heavy atom. The summed E-state index contributed by atoms with van der Waals surface area (Å²) in [7, 11) is 1.66. The molecule has 3 rings (SSSR count). The van der Waals surface area contributed by atoms with Crippen molar-refractivity contribution in [3.05, 3.63) is 83.7 Å². The number of hydrogen-bond acceptors (Lipinski definition) is 4. The maximum Gasteiger partial charge on any atom is 0.274 e. The molecule has 2 aromatic carbocycles. The fraction of sp³-hybridized carbons (Fsp3) is 0.250. The predicted octanol–water partition coefficient (Wildman–Crippen LogP) is 5.25. The van der Waals surface area contributed by atoms with Gasteiger partial charge in [-0.3, -0.25) is 9.78 Å². The van der Waals surface area contributed by atoms with Crippen molar-refractivity contribution in [1.82, 2.24) is 4.98 Å². The highest BCUT2D eigenvalue weighted by molar-refractivity contribution is 6.03. The number of benzene rings is 2. The van der Waals surface area contributed by atoms with E-state index in [4.69, 9.17) is 4.74 Å². The SMILES string of the molecule is COc1ccccc1CNc1ccnc(C(=O)Nc2ccccc2C(C)(C)C)c1. The lowest BCUT2D eigenvalue weighted by Gasteiger charge is -2.23. The first kappa shape index (κ1) is 20.4. The molecule has 0 bridgehead atoms. The highest BCUT2D eigenvalue weighted by Crippen LogP contribution is 2.29. The molecule has 1 amide bonds. The zero-order chi connectivity index (χ0) is 20.9. The van der Waals surface area contributed by atoms with Crippen LogP contribution in [0.1, 0.15) is 42.4 Å². The second-order valence-electron chi connectivity index (χ2n) is 7.84. The molecule has 0 saturated heterocycles. The number of methoxy groups -OCH3 is 1. The van der Waals surface area contributed by atoms with Gasteiger partial charge in [-0.15, -0.1) is 0 Å². The second kappa shape index (κ2) is 8.78. The predicted molar refractivity (Wildman–Crippen MR) is 118 cm³/mol. The number of aromatic nitrogens is 1. The third kappa shape index (κ3) is 5.13. The van der Waals surface area contributed by atoms with Gasteiger partial charge in [-0.05, 0) is 35.2 Å². The molecule has 29 heavy (non-hydrogen) atoms. The Labute approximate surface area is 172 Å². The summed E-state index contributed by atoms with van der Waals surface area (Å²) in [6.45, 7) is 6.96. The number of pyridine rings is 1. The van der Waals surface area contributed by atoms with Gasteiger partial charge in [0.25, 0.3) is 5.91 Å². The highest BCUT2D eigenvalue weighted by Gasteiger charge is 2.19. The monoisotopic (exact) mass is 389 g/mol. The van der Waals surface area contributed by atoms with Gasteiger partial charge in [-0.1, -0.05) is 57.2 Å². The first-order valence-corrected chi connectivity index (χ1v) is 9.61. The molecular formula is C24H27N3O2. The fourth-order valence-corrected chi connectivity index (χ4v) is 3.14. The van der Waals surface area contributed by atoms with Crippen LogP contribution in [-0.2, 0) is 12.0 Å². The minimum Gasteiger partial charge on any atom is -0.496 e. The van der Waals surface area contributed by atoms with Crippen molar-refractivity contribution in [2.45, 2.75) is 32.7 Å². The molecule has 0 atom stereocenters. The maximum absolute atomic E-state index is 12.8. The van der Waals surface area contributed by atoms with E-state index >= 15 is 0 Å². The molecule has 1 heterocycles. The molecule has 0 aliphatic rings. The lowest BCUT2D eigenvalue weighted by Crippen LogP contribution is -2.19. The summed E-state index contributed by atoms with van der Waals surface area (Å²) >= 11 is 0. The summed E-state index contributed by atoms with van der Waals surface area (Å²) < 4.78 is 5.38. The molecule has 0 fully saturated rings. The minimum absolute atomic E-state index is 0.0740. The molecule has 0 aliphatic carbocycles. The maximum atomic E-state index is 12.8. The Balaban J connectivity index is 1.74. The number of amides is 1. The number of ether oxygens (including phenoxy) is 1. The van der Waals surface area contributed by atoms with E-state index in [1.54, 1.807) is 19.4 Å². The van der Waals surface area contributed by atoms with Crippen molar-refractivity contribution in [3.8, 4) is 5.75 Å². The van der Waals surface area contributed by atoms with Crippen molar-refractivity contribution in [3.63, 3.8) is 0 Å². The normalized spacial score (nSPS) is 11.0. The molecule has 0 aliphatic heterocycles. The third-order valence-corrected chi connectivity index (χ3v) is 4.65. The first-order chi connectivity index (χ1) is 13.9. The van der Waals surface area contributed by atoms with Gasteiger partial charge in [-0.2, -0.15) is 0 Å². The summed E-state index contributed by atoms with van der Waals surface area (Å²) in [6, 6.07) is 19.3. The Morgan fingerprint density at radius 1 is 1.03 bits per heavy atom. The number of carbonyl (C=O) groups is 1. The molecule has 0 radical (unpaired) electrons. The van der Waals surface area contributed by atoms with Gasteiger partial charge >= 0.3 is 0 Å². The van der Waals surface area contributed by atoms with Gasteiger partial charge in [0.1, 0.15) is 11.4 Å². The van der Waals surface area contributed by atoms with Crippen LogP contribution in [0.2, 0.25) is 0 Å². The van der Waals surface area contributed by atoms with E-state index in [0.717, 1.165) is 28.3 Å². The summed E-state index contributed by atoms with van der Waals surface area (Å²) in [5, 5.41) is 6.33. The summed E-state index contributed by atoms with van der Waals surface area (Å²) in [4.78, 5) is 17.0. The average molecular weight is 389 g/mol. The van der Waals surface area contributed by atoms with Crippen LogP contribution in [0.15, 0.2) is 66.9 Å². The Bertz CT molecular complexity index is 993. The largest absolute Gasteiger partial charge is 0.496 e. The molecule has 0 unspecified atom stereocenters. The van der Waals surface area contributed by atoms with Crippen LogP contribution < -0.4 is 15.4 Å². The van der Waals surface area contributed by atoms with Crippen LogP contribution in [-0.4, -0.2) is 18.0 Å². The van der Waals surface area contributed by atoms with E-state index < -0.39 is 0 Å². The first-order valence-electron chi connectivity index (χ1n) is 9.61. The molecule has 0 spiro atoms. The van der Waals surface area contributed by atoms with Gasteiger partial charge in [0.2, 0.25) is 0 Å². The summed E-state index contributed by atoms with van der Waals surface area (Å²) in [6.07, 6.45) is 1.63. The Morgan fingerprint density at radius 2 is 1.76 bits per heavy atom. The van der Waals surface area contributed by atoms with Crippen LogP contribution in [0.3, 0.4) is 0 Å². The number of nitrogens with zero attached hydrogens (tertiary/aromatic N) is 1. The zero-order valence-corrected chi connectivity index (χ0v) is 17.3. The molecule has 150 valence electrons. The molecule has 1 aromatic heterocycles. The lowest BCUT2D eigenvalue weighted by atomic mass is 9.86. The van der Waals surface area contributed by atoms with E-state index in [2.05, 4.69) is 36.4 Å². The van der Waals surface area contributed by atoms with Crippen LogP contribution in [0.4, 0.5) is 11.4 Å². The second-order valence-corrected chi connectivity index (χ2v) is 7.84. The quantitative estimate of drug-likeness (QED) is 0.604. The van der Waals surface area contributed by atoms with E-state index in [-0.39, 0.29) is 11.3 Å². The van der Waals surface area contributed by atoms with Crippen molar-refractivity contribution in [1.29, 1.82) is 0 Å². The topological polar surface area (TPSA) is 63.2 Å². The lowest BCUT2D eigenvalue weighted by molar-refractivity contribution is 0.102. The van der Waals surface area contributed by atoms with E-state index in [1.807, 2.05) is 54.6 Å². The van der Waals surface area contributed by atoms with Crippen LogP contribution in [0.5, 0.6) is 5.75 Å². The average Bonchev–Trinajstić information content (AvgIpc) is 2.72. The van der Waals surface area contributed by atoms with Gasteiger partial charge in [0.05, 0.1) is 7.11 Å². The van der Waals surface area contributed by atoms with Crippen LogP contribution >= 0.6 is 0 Å². The van der Waals surface area contributed by atoms with E-state index in [0.29, 0.717) is 12.2 Å². The number of nitrogens with one attached hydrogen (secondary N) is 2. The molecular weight excluding hydrogens is 362 g/mol. The summed E-state index contributed by atoms with van der Waals surface area (Å²) in [5.41, 5.74) is 4.03. The van der Waals surface area contributed by atoms with Gasteiger partial charge in [0.15, 0.2) is 0 Å². The number of para-hydroxylation sites is 2. The molecule has 2 N–H and O–H groups in total. The van der Waals surface area contributed by atoms with Crippen LogP contribution in [0, 0.1) is 0 Å². The highest BCUT2D eigenvalue weighted by atomic mass is 16.5. The van der Waals surface area contributed by atoms with Crippen molar-refractivity contribution in [2.75, 3.05) is 17.7 Å². The standard InChI is InChI=1S/C24H27N3O2/c1-24(2,3)19-10-6-7-11-20(19)27-23(28)21-15-18(13-14-25-21)26-16-17-9-5-8-12-22(17)29-4/h5-15H,16H2,1-4H3,(H,25,26)(H,27,28).